The molecule has 0 fully saturated rings. The van der Waals surface area contributed by atoms with Gasteiger partial charge in [-0.15, -0.1) is 0 Å². The Balaban J connectivity index is 2.66. The molecule has 0 heterocycles. The fraction of sp³-hybridized carbons (Fsp3) is 0.462. The van der Waals surface area contributed by atoms with Gasteiger partial charge in [0.1, 0.15) is 6.29 Å². The summed E-state index contributed by atoms with van der Waals surface area (Å²) in [5, 5.41) is 0. The maximum Gasteiger partial charge on any atom is 0.122 e. The molecule has 0 amide bonds. The van der Waals surface area contributed by atoms with Crippen LogP contribution in [-0.4, -0.2) is 6.29 Å². The molecular weight excluding hydrogens is 172 g/mol. The molecule has 0 bridgehead atoms. The number of benzene rings is 1. The van der Waals surface area contributed by atoms with Crippen LogP contribution in [0.4, 0.5) is 0 Å². The highest BCUT2D eigenvalue weighted by Crippen LogP contribution is 2.14. The van der Waals surface area contributed by atoms with Crippen molar-refractivity contribution in [1.82, 2.24) is 0 Å². The van der Waals surface area contributed by atoms with Crippen LogP contribution in [0.1, 0.15) is 30.0 Å². The Labute approximate surface area is 86.1 Å². The lowest BCUT2D eigenvalue weighted by atomic mass is 9.97. The van der Waals surface area contributed by atoms with Gasteiger partial charge in [0.15, 0.2) is 0 Å². The minimum Gasteiger partial charge on any atom is -0.303 e. The monoisotopic (exact) mass is 190 g/mol. The maximum absolute atomic E-state index is 10.5. The third kappa shape index (κ3) is 2.99. The smallest absolute Gasteiger partial charge is 0.122 e. The molecule has 1 nitrogen and oxygen atoms in total. The van der Waals surface area contributed by atoms with Gasteiger partial charge >= 0.3 is 0 Å². The van der Waals surface area contributed by atoms with Gasteiger partial charge in [0.25, 0.3) is 0 Å². The van der Waals surface area contributed by atoms with Crippen LogP contribution >= 0.6 is 0 Å². The lowest BCUT2D eigenvalue weighted by Gasteiger charge is -2.08. The number of aryl methyl sites for hydroxylation is 3. The summed E-state index contributed by atoms with van der Waals surface area (Å²) in [5.41, 5.74) is 4.00. The van der Waals surface area contributed by atoms with Gasteiger partial charge in [-0.2, -0.15) is 0 Å². The molecule has 1 unspecified atom stereocenters. The van der Waals surface area contributed by atoms with Crippen LogP contribution in [0, 0.1) is 19.8 Å². The lowest BCUT2D eigenvalue weighted by molar-refractivity contribution is -0.110. The zero-order chi connectivity index (χ0) is 10.6. The Morgan fingerprint density at radius 3 is 2.71 bits per heavy atom. The van der Waals surface area contributed by atoms with Crippen molar-refractivity contribution in [3.63, 3.8) is 0 Å². The average Bonchev–Trinajstić information content (AvgIpc) is 2.19. The van der Waals surface area contributed by atoms with E-state index in [2.05, 4.69) is 32.0 Å². The largest absolute Gasteiger partial charge is 0.303 e. The van der Waals surface area contributed by atoms with Crippen molar-refractivity contribution in [2.75, 3.05) is 0 Å². The Morgan fingerprint density at radius 1 is 1.36 bits per heavy atom. The number of hydrogen-bond donors (Lipinski definition) is 0. The minimum atomic E-state index is 0.176. The molecule has 1 rings (SSSR count). The molecule has 0 radical (unpaired) electrons. The summed E-state index contributed by atoms with van der Waals surface area (Å²) in [5.74, 6) is 0.176. The van der Waals surface area contributed by atoms with Gasteiger partial charge in [-0.3, -0.25) is 0 Å². The van der Waals surface area contributed by atoms with E-state index in [1.165, 1.54) is 16.7 Å². The van der Waals surface area contributed by atoms with Gasteiger partial charge in [-0.25, -0.2) is 0 Å². The SMILES string of the molecule is Cc1ccc(C)c(CCC(C)C=O)c1. The van der Waals surface area contributed by atoms with Crippen molar-refractivity contribution < 1.29 is 4.79 Å². The molecule has 1 atom stereocenters. The molecule has 1 aromatic carbocycles. The molecule has 0 aliphatic carbocycles. The summed E-state index contributed by atoms with van der Waals surface area (Å²) in [6, 6.07) is 6.49. The van der Waals surface area contributed by atoms with E-state index in [0.717, 1.165) is 19.1 Å². The van der Waals surface area contributed by atoms with Crippen LogP contribution in [0.25, 0.3) is 0 Å². The second kappa shape index (κ2) is 4.94. The second-order valence-corrected chi connectivity index (χ2v) is 4.08. The molecule has 76 valence electrons. The first-order valence-corrected chi connectivity index (χ1v) is 5.15. The molecule has 0 aliphatic heterocycles. The van der Waals surface area contributed by atoms with Crippen LogP contribution in [0.2, 0.25) is 0 Å². The lowest BCUT2D eigenvalue weighted by Crippen LogP contribution is -1.99. The van der Waals surface area contributed by atoms with Crippen molar-refractivity contribution in [1.29, 1.82) is 0 Å². The van der Waals surface area contributed by atoms with E-state index in [-0.39, 0.29) is 5.92 Å². The highest BCUT2D eigenvalue weighted by Gasteiger charge is 2.03. The number of rotatable bonds is 4. The van der Waals surface area contributed by atoms with E-state index >= 15 is 0 Å². The first-order chi connectivity index (χ1) is 6.63. The quantitative estimate of drug-likeness (QED) is 0.667. The summed E-state index contributed by atoms with van der Waals surface area (Å²) < 4.78 is 0. The van der Waals surface area contributed by atoms with Crippen LogP contribution in [0.3, 0.4) is 0 Å². The molecule has 0 aliphatic rings. The summed E-state index contributed by atoms with van der Waals surface area (Å²) >= 11 is 0. The zero-order valence-electron chi connectivity index (χ0n) is 9.21. The van der Waals surface area contributed by atoms with Gasteiger partial charge in [0.2, 0.25) is 0 Å². The van der Waals surface area contributed by atoms with Crippen LogP contribution in [0.15, 0.2) is 18.2 Å². The van der Waals surface area contributed by atoms with Crippen LogP contribution in [0.5, 0.6) is 0 Å². The highest BCUT2D eigenvalue weighted by atomic mass is 16.1. The van der Waals surface area contributed by atoms with Gasteiger partial charge < -0.3 is 4.79 Å². The number of carbonyl (C=O) groups is 1. The Morgan fingerprint density at radius 2 is 2.07 bits per heavy atom. The molecule has 0 saturated heterocycles. The standard InChI is InChI=1S/C13H18O/c1-10-4-6-12(3)13(8-10)7-5-11(2)9-14/h4,6,8-9,11H,5,7H2,1-3H3. The molecule has 1 aromatic rings. The van der Waals surface area contributed by atoms with Crippen LogP contribution in [-0.2, 0) is 11.2 Å². The summed E-state index contributed by atoms with van der Waals surface area (Å²) in [6.45, 7) is 6.20. The highest BCUT2D eigenvalue weighted by molar-refractivity contribution is 5.52. The second-order valence-electron chi connectivity index (χ2n) is 4.08. The molecule has 0 N–H and O–H groups in total. The fourth-order valence-electron chi connectivity index (χ4n) is 1.52. The summed E-state index contributed by atoms with van der Waals surface area (Å²) in [4.78, 5) is 10.5. The maximum atomic E-state index is 10.5. The molecule has 0 aromatic heterocycles. The third-order valence-corrected chi connectivity index (χ3v) is 2.61. The van der Waals surface area contributed by atoms with E-state index in [1.54, 1.807) is 0 Å². The van der Waals surface area contributed by atoms with Gasteiger partial charge in [-0.1, -0.05) is 30.7 Å². The topological polar surface area (TPSA) is 17.1 Å². The molecular formula is C13H18O. The summed E-state index contributed by atoms with van der Waals surface area (Å²) in [7, 11) is 0. The Kier molecular flexibility index (Phi) is 3.87. The van der Waals surface area contributed by atoms with E-state index in [0.29, 0.717) is 0 Å². The predicted molar refractivity (Wildman–Crippen MR) is 59.5 cm³/mol. The van der Waals surface area contributed by atoms with Gasteiger partial charge in [0.05, 0.1) is 0 Å². The average molecular weight is 190 g/mol. The van der Waals surface area contributed by atoms with Crippen molar-refractivity contribution in [3.05, 3.63) is 34.9 Å². The van der Waals surface area contributed by atoms with E-state index in [1.807, 2.05) is 6.92 Å². The van der Waals surface area contributed by atoms with Crippen LogP contribution < -0.4 is 0 Å². The predicted octanol–water partition coefficient (Wildman–Crippen LogP) is 3.07. The van der Waals surface area contributed by atoms with Crippen molar-refractivity contribution >= 4 is 6.29 Å². The van der Waals surface area contributed by atoms with E-state index in [9.17, 15) is 4.79 Å². The Bertz CT molecular complexity index is 315. The first-order valence-electron chi connectivity index (χ1n) is 5.15. The van der Waals surface area contributed by atoms with Gasteiger partial charge in [0, 0.05) is 5.92 Å². The number of carbonyl (C=O) groups excluding carboxylic acids is 1. The molecule has 0 saturated carbocycles. The summed E-state index contributed by atoms with van der Waals surface area (Å²) in [6.07, 6.45) is 2.99. The zero-order valence-corrected chi connectivity index (χ0v) is 9.21. The minimum absolute atomic E-state index is 0.176. The Hall–Kier alpha value is -1.11. The van der Waals surface area contributed by atoms with Gasteiger partial charge in [-0.05, 0) is 37.8 Å². The fourth-order valence-corrected chi connectivity index (χ4v) is 1.52. The van der Waals surface area contributed by atoms with E-state index in [4.69, 9.17) is 0 Å². The normalized spacial score (nSPS) is 12.5. The molecule has 1 heteroatoms. The number of aldehydes is 1. The van der Waals surface area contributed by atoms with Crippen molar-refractivity contribution in [3.8, 4) is 0 Å². The van der Waals surface area contributed by atoms with Crippen molar-refractivity contribution in [2.24, 2.45) is 5.92 Å². The van der Waals surface area contributed by atoms with Crippen molar-refractivity contribution in [2.45, 2.75) is 33.6 Å². The molecule has 14 heavy (non-hydrogen) atoms. The van der Waals surface area contributed by atoms with E-state index < -0.39 is 0 Å². The molecule has 0 spiro atoms. The number of hydrogen-bond acceptors (Lipinski definition) is 1. The third-order valence-electron chi connectivity index (χ3n) is 2.61. The first kappa shape index (κ1) is 11.0.